The van der Waals surface area contributed by atoms with Gasteiger partial charge in [0.1, 0.15) is 11.5 Å². The summed E-state index contributed by atoms with van der Waals surface area (Å²) in [5.74, 6) is -0.320. The van der Waals surface area contributed by atoms with Crippen molar-refractivity contribution in [2.75, 3.05) is 5.73 Å². The highest BCUT2D eigenvalue weighted by atomic mass is 19.1. The molecule has 17 heavy (non-hydrogen) atoms. The second kappa shape index (κ2) is 3.51. The van der Waals surface area contributed by atoms with Gasteiger partial charge in [0.2, 0.25) is 0 Å². The average molecular weight is 229 g/mol. The van der Waals surface area contributed by atoms with Crippen LogP contribution in [0.25, 0.3) is 16.9 Å². The zero-order valence-corrected chi connectivity index (χ0v) is 8.71. The zero-order valence-electron chi connectivity index (χ0n) is 8.71. The fourth-order valence-electron chi connectivity index (χ4n) is 1.63. The maximum atomic E-state index is 13.1. The summed E-state index contributed by atoms with van der Waals surface area (Å²) < 4.78 is 14.6. The largest absolute Gasteiger partial charge is 0.396 e. The number of benzene rings is 1. The van der Waals surface area contributed by atoms with E-state index in [9.17, 15) is 4.39 Å². The first-order valence-corrected chi connectivity index (χ1v) is 4.96. The van der Waals surface area contributed by atoms with Crippen molar-refractivity contribution in [2.24, 2.45) is 0 Å². The molecule has 0 aliphatic carbocycles. The van der Waals surface area contributed by atoms with Gasteiger partial charge in [0.25, 0.3) is 0 Å². The molecule has 0 radical (unpaired) electrons. The van der Waals surface area contributed by atoms with Crippen LogP contribution in [0, 0.1) is 5.82 Å². The Hall–Kier alpha value is -2.50. The van der Waals surface area contributed by atoms with Crippen molar-refractivity contribution in [2.45, 2.75) is 0 Å². The monoisotopic (exact) mass is 229 g/mol. The van der Waals surface area contributed by atoms with Gasteiger partial charge in [-0.25, -0.2) is 9.37 Å². The Labute approximate surface area is 95.7 Å². The molecule has 0 fully saturated rings. The van der Waals surface area contributed by atoms with E-state index in [0.29, 0.717) is 22.6 Å². The van der Waals surface area contributed by atoms with E-state index in [1.807, 2.05) is 0 Å². The highest BCUT2D eigenvalue weighted by Crippen LogP contribution is 2.21. The molecule has 0 aliphatic rings. The van der Waals surface area contributed by atoms with Gasteiger partial charge >= 0.3 is 0 Å². The predicted molar refractivity (Wildman–Crippen MR) is 60.6 cm³/mol. The Morgan fingerprint density at radius 1 is 1.29 bits per heavy atom. The van der Waals surface area contributed by atoms with Gasteiger partial charge in [-0.1, -0.05) is 17.3 Å². The standard InChI is InChI=1S/C11H8FN5/c12-8-3-1-2-7(4-8)10-11-14-5-9(13)6-17(11)16-15-10/h1-6H,13H2. The van der Waals surface area contributed by atoms with Gasteiger partial charge < -0.3 is 5.73 Å². The molecule has 0 saturated heterocycles. The fraction of sp³-hybridized carbons (Fsp3) is 0. The highest BCUT2D eigenvalue weighted by Gasteiger charge is 2.10. The quantitative estimate of drug-likeness (QED) is 0.686. The van der Waals surface area contributed by atoms with E-state index >= 15 is 0 Å². The third-order valence-electron chi connectivity index (χ3n) is 2.38. The Morgan fingerprint density at radius 2 is 2.18 bits per heavy atom. The minimum atomic E-state index is -0.320. The molecular formula is C11H8FN5. The molecule has 1 aromatic carbocycles. The van der Waals surface area contributed by atoms with Crippen LogP contribution in [0.3, 0.4) is 0 Å². The molecule has 0 amide bonds. The number of hydrogen-bond acceptors (Lipinski definition) is 4. The van der Waals surface area contributed by atoms with Gasteiger partial charge in [-0.3, -0.25) is 0 Å². The van der Waals surface area contributed by atoms with E-state index < -0.39 is 0 Å². The van der Waals surface area contributed by atoms with Gasteiger partial charge in [0, 0.05) is 5.56 Å². The van der Waals surface area contributed by atoms with Crippen LogP contribution in [0.1, 0.15) is 0 Å². The molecule has 84 valence electrons. The number of aromatic nitrogens is 4. The molecule has 2 heterocycles. The molecule has 5 nitrogen and oxygen atoms in total. The number of rotatable bonds is 1. The number of fused-ring (bicyclic) bond motifs is 1. The highest BCUT2D eigenvalue weighted by molar-refractivity contribution is 5.73. The maximum absolute atomic E-state index is 13.1. The summed E-state index contributed by atoms with van der Waals surface area (Å²) in [6, 6.07) is 6.14. The van der Waals surface area contributed by atoms with E-state index in [4.69, 9.17) is 5.73 Å². The van der Waals surface area contributed by atoms with Crippen LogP contribution in [0.4, 0.5) is 10.1 Å². The van der Waals surface area contributed by atoms with Crippen molar-refractivity contribution in [3.63, 3.8) is 0 Å². The molecule has 0 aliphatic heterocycles. The van der Waals surface area contributed by atoms with E-state index in [1.165, 1.54) is 22.8 Å². The summed E-state index contributed by atoms with van der Waals surface area (Å²) >= 11 is 0. The molecule has 3 rings (SSSR count). The van der Waals surface area contributed by atoms with Crippen molar-refractivity contribution in [1.29, 1.82) is 0 Å². The van der Waals surface area contributed by atoms with Gasteiger partial charge in [0.15, 0.2) is 5.65 Å². The molecule has 0 spiro atoms. The third-order valence-corrected chi connectivity index (χ3v) is 2.38. The number of hydrogen-bond donors (Lipinski definition) is 1. The normalized spacial score (nSPS) is 10.9. The lowest BCUT2D eigenvalue weighted by molar-refractivity contribution is 0.628. The Balaban J connectivity index is 2.24. The van der Waals surface area contributed by atoms with E-state index in [2.05, 4.69) is 15.3 Å². The van der Waals surface area contributed by atoms with Crippen molar-refractivity contribution in [3.8, 4) is 11.3 Å². The predicted octanol–water partition coefficient (Wildman–Crippen LogP) is 1.51. The summed E-state index contributed by atoms with van der Waals surface area (Å²) in [7, 11) is 0. The van der Waals surface area contributed by atoms with Crippen molar-refractivity contribution >= 4 is 11.3 Å². The Kier molecular flexibility index (Phi) is 2.01. The molecule has 0 saturated carbocycles. The average Bonchev–Trinajstić information content (AvgIpc) is 2.71. The topological polar surface area (TPSA) is 69.1 Å². The molecule has 3 aromatic rings. The van der Waals surface area contributed by atoms with Crippen LogP contribution in [0.5, 0.6) is 0 Å². The molecular weight excluding hydrogens is 221 g/mol. The Morgan fingerprint density at radius 3 is 3.00 bits per heavy atom. The van der Waals surface area contributed by atoms with E-state index in [1.54, 1.807) is 18.3 Å². The summed E-state index contributed by atoms with van der Waals surface area (Å²) in [6.07, 6.45) is 3.12. The van der Waals surface area contributed by atoms with Crippen molar-refractivity contribution < 1.29 is 4.39 Å². The maximum Gasteiger partial charge on any atom is 0.183 e. The minimum Gasteiger partial charge on any atom is -0.396 e. The third kappa shape index (κ3) is 1.59. The molecule has 0 unspecified atom stereocenters. The van der Waals surface area contributed by atoms with Crippen LogP contribution in [0.2, 0.25) is 0 Å². The zero-order chi connectivity index (χ0) is 11.8. The van der Waals surface area contributed by atoms with Gasteiger partial charge in [0.05, 0.1) is 18.1 Å². The van der Waals surface area contributed by atoms with Crippen molar-refractivity contribution in [1.82, 2.24) is 19.8 Å². The first kappa shape index (κ1) is 9.71. The van der Waals surface area contributed by atoms with Crippen LogP contribution < -0.4 is 5.73 Å². The number of nitrogens with two attached hydrogens (primary N) is 1. The summed E-state index contributed by atoms with van der Waals surface area (Å²) in [5.41, 5.74) is 7.79. The number of nitrogens with zero attached hydrogens (tertiary/aromatic N) is 4. The van der Waals surface area contributed by atoms with Gasteiger partial charge in [-0.15, -0.1) is 5.10 Å². The minimum absolute atomic E-state index is 0.320. The SMILES string of the molecule is Nc1cnc2c(-c3cccc(F)c3)nnn2c1. The molecule has 0 atom stereocenters. The lowest BCUT2D eigenvalue weighted by Crippen LogP contribution is -1.94. The van der Waals surface area contributed by atoms with Crippen LogP contribution in [-0.2, 0) is 0 Å². The summed E-state index contributed by atoms with van der Waals surface area (Å²) in [4.78, 5) is 4.14. The number of halogens is 1. The molecule has 0 bridgehead atoms. The van der Waals surface area contributed by atoms with E-state index in [-0.39, 0.29) is 5.82 Å². The van der Waals surface area contributed by atoms with Crippen LogP contribution in [0.15, 0.2) is 36.7 Å². The first-order valence-electron chi connectivity index (χ1n) is 4.96. The van der Waals surface area contributed by atoms with Crippen LogP contribution >= 0.6 is 0 Å². The second-order valence-electron chi connectivity index (χ2n) is 3.60. The molecule has 6 heteroatoms. The first-order chi connectivity index (χ1) is 8.24. The van der Waals surface area contributed by atoms with Gasteiger partial charge in [-0.2, -0.15) is 4.52 Å². The summed E-state index contributed by atoms with van der Waals surface area (Å²) in [5, 5.41) is 7.86. The Bertz CT molecular complexity index is 691. The van der Waals surface area contributed by atoms with Crippen LogP contribution in [-0.4, -0.2) is 19.8 Å². The fourth-order valence-corrected chi connectivity index (χ4v) is 1.63. The lowest BCUT2D eigenvalue weighted by atomic mass is 10.1. The second-order valence-corrected chi connectivity index (χ2v) is 3.60. The number of nitrogen functional groups attached to an aromatic ring is 1. The van der Waals surface area contributed by atoms with E-state index in [0.717, 1.165) is 0 Å². The number of anilines is 1. The summed E-state index contributed by atoms with van der Waals surface area (Å²) in [6.45, 7) is 0. The lowest BCUT2D eigenvalue weighted by Gasteiger charge is -1.97. The smallest absolute Gasteiger partial charge is 0.183 e. The molecule has 2 N–H and O–H groups in total. The van der Waals surface area contributed by atoms with Gasteiger partial charge in [-0.05, 0) is 12.1 Å². The molecule has 2 aromatic heterocycles. The van der Waals surface area contributed by atoms with Crippen molar-refractivity contribution in [3.05, 3.63) is 42.5 Å².